The monoisotopic (exact) mass is 508 g/mol. The van der Waals surface area contributed by atoms with E-state index in [9.17, 15) is 0 Å². The van der Waals surface area contributed by atoms with Crippen LogP contribution in [0.5, 0.6) is 0 Å². The topological polar surface area (TPSA) is 39.7 Å². The Bertz CT molecular complexity index is 484. The lowest BCUT2D eigenvalue weighted by Gasteiger charge is -2.33. The molecule has 0 spiro atoms. The van der Waals surface area contributed by atoms with Gasteiger partial charge in [0, 0.05) is 43.2 Å². The predicted molar refractivity (Wildman–Crippen MR) is 117 cm³/mol. The number of likely N-dealkylation sites (tertiary alicyclic amines) is 1. The summed E-state index contributed by atoms with van der Waals surface area (Å²) in [5.41, 5.74) is 1.39. The highest BCUT2D eigenvalue weighted by molar-refractivity contribution is 14.0. The number of benzene rings is 1. The number of piperidine rings is 1. The fourth-order valence-electron chi connectivity index (χ4n) is 2.82. The third-order valence-electron chi connectivity index (χ3n) is 4.09. The molecule has 1 aliphatic heterocycles. The van der Waals surface area contributed by atoms with Crippen LogP contribution >= 0.6 is 39.9 Å². The van der Waals surface area contributed by atoms with Gasteiger partial charge in [0.15, 0.2) is 5.96 Å². The van der Waals surface area contributed by atoms with E-state index in [1.807, 2.05) is 0 Å². The smallest absolute Gasteiger partial charge is 0.191 e. The summed E-state index contributed by atoms with van der Waals surface area (Å²) in [6, 6.07) is 9.18. The largest absolute Gasteiger partial charge is 0.357 e. The van der Waals surface area contributed by atoms with E-state index in [0.29, 0.717) is 6.04 Å². The van der Waals surface area contributed by atoms with Gasteiger partial charge in [0.05, 0.1) is 0 Å². The minimum absolute atomic E-state index is 0. The minimum atomic E-state index is 0. The van der Waals surface area contributed by atoms with Gasteiger partial charge in [-0.2, -0.15) is 0 Å². The molecule has 24 heavy (non-hydrogen) atoms. The van der Waals surface area contributed by atoms with Crippen molar-refractivity contribution in [3.8, 4) is 0 Å². The molecular weight excluding hydrogens is 479 g/mol. The number of hydrogen-bond donors (Lipinski definition) is 2. The molecule has 1 fully saturated rings. The van der Waals surface area contributed by atoms with E-state index < -0.39 is 0 Å². The summed E-state index contributed by atoms with van der Waals surface area (Å²) in [7, 11) is 0. The van der Waals surface area contributed by atoms with Crippen LogP contribution in [-0.2, 0) is 6.54 Å². The second-order valence-electron chi connectivity index (χ2n) is 6.08. The van der Waals surface area contributed by atoms with E-state index in [2.05, 4.69) is 74.6 Å². The molecule has 2 N–H and O–H groups in total. The average Bonchev–Trinajstić information content (AvgIpc) is 2.57. The van der Waals surface area contributed by atoms with Crippen LogP contribution in [0.3, 0.4) is 0 Å². The molecule has 0 bridgehead atoms. The average molecular weight is 509 g/mol. The zero-order chi connectivity index (χ0) is 16.5. The van der Waals surface area contributed by atoms with Gasteiger partial charge in [-0.05, 0) is 43.9 Å². The SMILES string of the molecule is CCCN=C(NCC)NC1CCN(Cc2ccc(Br)cc2)CC1.I. The molecule has 0 unspecified atom stereocenters. The molecule has 2 rings (SSSR count). The predicted octanol–water partition coefficient (Wildman–Crippen LogP) is 4.00. The van der Waals surface area contributed by atoms with Crippen LogP contribution in [0.4, 0.5) is 0 Å². The molecule has 1 aliphatic rings. The van der Waals surface area contributed by atoms with Crippen molar-refractivity contribution >= 4 is 45.9 Å². The van der Waals surface area contributed by atoms with Crippen molar-refractivity contribution < 1.29 is 0 Å². The Hall–Kier alpha value is -0.340. The molecule has 0 aliphatic carbocycles. The number of aliphatic imine (C=N–C) groups is 1. The first kappa shape index (κ1) is 21.7. The van der Waals surface area contributed by atoms with Crippen LogP contribution in [0.15, 0.2) is 33.7 Å². The van der Waals surface area contributed by atoms with Crippen molar-refractivity contribution in [2.75, 3.05) is 26.2 Å². The Morgan fingerprint density at radius 1 is 1.21 bits per heavy atom. The number of hydrogen-bond acceptors (Lipinski definition) is 2. The quantitative estimate of drug-likeness (QED) is 0.346. The molecule has 1 aromatic carbocycles. The third-order valence-corrected chi connectivity index (χ3v) is 4.61. The summed E-state index contributed by atoms with van der Waals surface area (Å²) in [5, 5.41) is 6.93. The second kappa shape index (κ2) is 12.1. The summed E-state index contributed by atoms with van der Waals surface area (Å²) in [6.45, 7) is 9.40. The summed E-state index contributed by atoms with van der Waals surface area (Å²) >= 11 is 3.49. The molecular formula is C18H30BrIN4. The fourth-order valence-corrected chi connectivity index (χ4v) is 3.08. The zero-order valence-electron chi connectivity index (χ0n) is 14.7. The molecule has 4 nitrogen and oxygen atoms in total. The maximum absolute atomic E-state index is 4.60. The zero-order valence-corrected chi connectivity index (χ0v) is 18.6. The molecule has 1 heterocycles. The number of nitrogens with zero attached hydrogens (tertiary/aromatic N) is 2. The molecule has 0 aromatic heterocycles. The van der Waals surface area contributed by atoms with E-state index in [1.54, 1.807) is 0 Å². The number of guanidine groups is 1. The van der Waals surface area contributed by atoms with E-state index in [1.165, 1.54) is 18.4 Å². The fraction of sp³-hybridized carbons (Fsp3) is 0.611. The van der Waals surface area contributed by atoms with Gasteiger partial charge in [0.25, 0.3) is 0 Å². The molecule has 1 saturated heterocycles. The van der Waals surface area contributed by atoms with Crippen LogP contribution in [-0.4, -0.2) is 43.1 Å². The van der Waals surface area contributed by atoms with Crippen LogP contribution < -0.4 is 10.6 Å². The number of nitrogens with one attached hydrogen (secondary N) is 2. The molecule has 6 heteroatoms. The Morgan fingerprint density at radius 3 is 2.46 bits per heavy atom. The molecule has 136 valence electrons. The molecule has 1 aromatic rings. The van der Waals surface area contributed by atoms with E-state index in [0.717, 1.165) is 49.6 Å². The Kier molecular flexibility index (Phi) is 10.9. The van der Waals surface area contributed by atoms with Gasteiger partial charge in [0.1, 0.15) is 0 Å². The van der Waals surface area contributed by atoms with E-state index in [-0.39, 0.29) is 24.0 Å². The highest BCUT2D eigenvalue weighted by Gasteiger charge is 2.19. The maximum atomic E-state index is 4.60. The summed E-state index contributed by atoms with van der Waals surface area (Å²) in [6.07, 6.45) is 3.43. The maximum Gasteiger partial charge on any atom is 0.191 e. The molecule has 0 atom stereocenters. The van der Waals surface area contributed by atoms with E-state index in [4.69, 9.17) is 0 Å². The number of halogens is 2. The van der Waals surface area contributed by atoms with Gasteiger partial charge in [0.2, 0.25) is 0 Å². The van der Waals surface area contributed by atoms with Gasteiger partial charge < -0.3 is 10.6 Å². The summed E-state index contributed by atoms with van der Waals surface area (Å²) < 4.78 is 1.14. The second-order valence-corrected chi connectivity index (χ2v) is 7.00. The Labute approximate surface area is 172 Å². The van der Waals surface area contributed by atoms with E-state index >= 15 is 0 Å². The summed E-state index contributed by atoms with van der Waals surface area (Å²) in [5.74, 6) is 0.973. The van der Waals surface area contributed by atoms with Gasteiger partial charge in [-0.25, -0.2) is 0 Å². The van der Waals surface area contributed by atoms with Crippen LogP contribution in [0.1, 0.15) is 38.7 Å². The molecule has 0 radical (unpaired) electrons. The minimum Gasteiger partial charge on any atom is -0.357 e. The third kappa shape index (κ3) is 7.70. The van der Waals surface area contributed by atoms with Gasteiger partial charge in [-0.15, -0.1) is 24.0 Å². The van der Waals surface area contributed by atoms with Crippen LogP contribution in [0.2, 0.25) is 0 Å². The molecule has 0 saturated carbocycles. The first-order chi connectivity index (χ1) is 11.2. The van der Waals surface area contributed by atoms with Crippen LogP contribution in [0.25, 0.3) is 0 Å². The first-order valence-electron chi connectivity index (χ1n) is 8.73. The highest BCUT2D eigenvalue weighted by Crippen LogP contribution is 2.16. The van der Waals surface area contributed by atoms with Gasteiger partial charge in [-0.3, -0.25) is 9.89 Å². The van der Waals surface area contributed by atoms with Crippen molar-refractivity contribution in [1.29, 1.82) is 0 Å². The van der Waals surface area contributed by atoms with Crippen molar-refractivity contribution in [3.05, 3.63) is 34.3 Å². The van der Waals surface area contributed by atoms with Crippen LogP contribution in [0, 0.1) is 0 Å². The molecule has 0 amide bonds. The van der Waals surface area contributed by atoms with Crippen molar-refractivity contribution in [3.63, 3.8) is 0 Å². The van der Waals surface area contributed by atoms with Gasteiger partial charge in [-0.1, -0.05) is 35.0 Å². The van der Waals surface area contributed by atoms with Crippen molar-refractivity contribution in [2.45, 2.75) is 45.7 Å². The standard InChI is InChI=1S/C18H29BrN4.HI/c1-3-11-21-18(20-4-2)22-17-9-12-23(13-10-17)14-15-5-7-16(19)8-6-15;/h5-8,17H,3-4,9-14H2,1-2H3,(H2,20,21,22);1H. The first-order valence-corrected chi connectivity index (χ1v) is 9.52. The number of rotatable bonds is 6. The lowest BCUT2D eigenvalue weighted by molar-refractivity contribution is 0.198. The Balaban J connectivity index is 0.00000288. The van der Waals surface area contributed by atoms with Crippen molar-refractivity contribution in [1.82, 2.24) is 15.5 Å². The highest BCUT2D eigenvalue weighted by atomic mass is 127. The lowest BCUT2D eigenvalue weighted by atomic mass is 10.0. The normalized spacial score (nSPS) is 16.5. The van der Waals surface area contributed by atoms with Crippen molar-refractivity contribution in [2.24, 2.45) is 4.99 Å². The Morgan fingerprint density at radius 2 is 1.88 bits per heavy atom. The lowest BCUT2D eigenvalue weighted by Crippen LogP contribution is -2.48. The van der Waals surface area contributed by atoms with Gasteiger partial charge >= 0.3 is 0 Å². The summed E-state index contributed by atoms with van der Waals surface area (Å²) in [4.78, 5) is 7.14.